The second kappa shape index (κ2) is 4.26. The number of aryl methyl sites for hydroxylation is 2. The molecule has 2 rings (SSSR count). The molecule has 0 atom stereocenters. The van der Waals surface area contributed by atoms with Crippen molar-refractivity contribution >= 4 is 5.97 Å². The van der Waals surface area contributed by atoms with E-state index in [0.29, 0.717) is 6.54 Å². The molecule has 0 unspecified atom stereocenters. The van der Waals surface area contributed by atoms with E-state index in [9.17, 15) is 4.79 Å². The molecule has 0 N–H and O–H groups in total. The highest BCUT2D eigenvalue weighted by atomic mass is 16.5. The van der Waals surface area contributed by atoms with Crippen molar-refractivity contribution in [3.8, 4) is 0 Å². The predicted octanol–water partition coefficient (Wildman–Crippen LogP) is 1.79. The monoisotopic (exact) mass is 219 g/mol. The van der Waals surface area contributed by atoms with Crippen LogP contribution in [0.3, 0.4) is 0 Å². The summed E-state index contributed by atoms with van der Waals surface area (Å²) >= 11 is 0. The van der Waals surface area contributed by atoms with Crippen LogP contribution in [0.2, 0.25) is 0 Å². The number of carbonyl (C=O) groups excluding carboxylic acids is 1. The van der Waals surface area contributed by atoms with Crippen LogP contribution in [0.15, 0.2) is 12.1 Å². The van der Waals surface area contributed by atoms with Gasteiger partial charge in [0.25, 0.3) is 0 Å². The molecule has 1 aromatic rings. The molecule has 1 aliphatic rings. The minimum absolute atomic E-state index is 0.166. The zero-order valence-corrected chi connectivity index (χ0v) is 10.0. The van der Waals surface area contributed by atoms with E-state index in [0.717, 1.165) is 13.1 Å². The van der Waals surface area contributed by atoms with E-state index >= 15 is 0 Å². The van der Waals surface area contributed by atoms with Crippen LogP contribution >= 0.6 is 0 Å². The van der Waals surface area contributed by atoms with Gasteiger partial charge in [-0.2, -0.15) is 0 Å². The molecular formula is C13H17NO2. The van der Waals surface area contributed by atoms with Crippen molar-refractivity contribution < 1.29 is 9.53 Å². The van der Waals surface area contributed by atoms with E-state index in [-0.39, 0.29) is 5.97 Å². The smallest absolute Gasteiger partial charge is 0.319 e. The number of esters is 1. The van der Waals surface area contributed by atoms with Crippen LogP contribution in [0, 0.1) is 13.8 Å². The van der Waals surface area contributed by atoms with E-state index in [1.807, 2.05) is 0 Å². The first-order chi connectivity index (χ1) is 7.60. The lowest BCUT2D eigenvalue weighted by atomic mass is 10.0. The summed E-state index contributed by atoms with van der Waals surface area (Å²) in [7, 11) is 1.43. The lowest BCUT2D eigenvalue weighted by Gasteiger charge is -2.11. The maximum Gasteiger partial charge on any atom is 0.319 e. The zero-order valence-electron chi connectivity index (χ0n) is 10.0. The van der Waals surface area contributed by atoms with Gasteiger partial charge < -0.3 is 4.74 Å². The third kappa shape index (κ3) is 2.09. The fourth-order valence-corrected chi connectivity index (χ4v) is 2.13. The van der Waals surface area contributed by atoms with E-state index < -0.39 is 0 Å². The van der Waals surface area contributed by atoms with Gasteiger partial charge in [-0.1, -0.05) is 12.1 Å². The molecule has 0 fully saturated rings. The number of fused-ring (bicyclic) bond motifs is 1. The van der Waals surface area contributed by atoms with Crippen molar-refractivity contribution in [2.75, 3.05) is 13.7 Å². The van der Waals surface area contributed by atoms with Crippen LogP contribution in [0.1, 0.15) is 22.3 Å². The van der Waals surface area contributed by atoms with E-state index in [1.54, 1.807) is 0 Å². The van der Waals surface area contributed by atoms with E-state index in [4.69, 9.17) is 0 Å². The third-order valence-electron chi connectivity index (χ3n) is 3.18. The second-order valence-corrected chi connectivity index (χ2v) is 4.43. The summed E-state index contributed by atoms with van der Waals surface area (Å²) in [6.45, 7) is 6.33. The number of nitrogens with zero attached hydrogens (tertiary/aromatic N) is 1. The molecule has 0 amide bonds. The standard InChI is InChI=1S/C13H17NO2/c1-9-4-11-6-14(8-13(15)16-3)7-12(11)5-10(9)2/h4-5H,6-8H2,1-3H3. The first-order valence-electron chi connectivity index (χ1n) is 5.48. The van der Waals surface area contributed by atoms with Gasteiger partial charge in [-0.15, -0.1) is 0 Å². The maximum atomic E-state index is 11.2. The van der Waals surface area contributed by atoms with Gasteiger partial charge >= 0.3 is 5.97 Å². The zero-order chi connectivity index (χ0) is 11.7. The molecule has 0 saturated heterocycles. The largest absolute Gasteiger partial charge is 0.468 e. The lowest BCUT2D eigenvalue weighted by Crippen LogP contribution is -2.25. The van der Waals surface area contributed by atoms with Gasteiger partial charge in [0.2, 0.25) is 0 Å². The maximum absolute atomic E-state index is 11.2. The molecule has 86 valence electrons. The summed E-state index contributed by atoms with van der Waals surface area (Å²) in [4.78, 5) is 13.3. The van der Waals surface area contributed by atoms with Gasteiger partial charge in [-0.3, -0.25) is 9.69 Å². The van der Waals surface area contributed by atoms with Crippen LogP contribution in [-0.2, 0) is 22.6 Å². The molecule has 0 aromatic heterocycles. The average Bonchev–Trinajstić information content (AvgIpc) is 2.60. The Kier molecular flexibility index (Phi) is 2.97. The van der Waals surface area contributed by atoms with Gasteiger partial charge in [-0.05, 0) is 36.1 Å². The number of hydrogen-bond donors (Lipinski definition) is 0. The van der Waals surface area contributed by atoms with Gasteiger partial charge in [0.15, 0.2) is 0 Å². The topological polar surface area (TPSA) is 29.5 Å². The summed E-state index contributed by atoms with van der Waals surface area (Å²) in [5, 5.41) is 0. The van der Waals surface area contributed by atoms with Crippen LogP contribution in [0.25, 0.3) is 0 Å². The van der Waals surface area contributed by atoms with Crippen LogP contribution in [-0.4, -0.2) is 24.5 Å². The summed E-state index contributed by atoms with van der Waals surface area (Å²) < 4.78 is 4.68. The quantitative estimate of drug-likeness (QED) is 0.710. The Morgan fingerprint density at radius 2 is 1.75 bits per heavy atom. The number of carbonyl (C=O) groups is 1. The summed E-state index contributed by atoms with van der Waals surface area (Å²) in [5.74, 6) is -0.166. The normalized spacial score (nSPS) is 14.9. The Balaban J connectivity index is 2.12. The summed E-state index contributed by atoms with van der Waals surface area (Å²) in [6, 6.07) is 4.45. The third-order valence-corrected chi connectivity index (χ3v) is 3.18. The van der Waals surface area contributed by atoms with Crippen molar-refractivity contribution in [3.63, 3.8) is 0 Å². The average molecular weight is 219 g/mol. The van der Waals surface area contributed by atoms with Gasteiger partial charge in [0, 0.05) is 13.1 Å². The molecule has 0 radical (unpaired) electrons. The van der Waals surface area contributed by atoms with Gasteiger partial charge in [0.05, 0.1) is 13.7 Å². The Morgan fingerprint density at radius 3 is 2.19 bits per heavy atom. The Labute approximate surface area is 96.0 Å². The number of benzene rings is 1. The molecule has 1 aliphatic heterocycles. The first kappa shape index (κ1) is 11.1. The fraction of sp³-hybridized carbons (Fsp3) is 0.462. The van der Waals surface area contributed by atoms with Crippen LogP contribution < -0.4 is 0 Å². The molecule has 3 heteroatoms. The molecular weight excluding hydrogens is 202 g/mol. The van der Waals surface area contributed by atoms with Crippen molar-refractivity contribution in [3.05, 3.63) is 34.4 Å². The van der Waals surface area contributed by atoms with E-state index in [2.05, 4.69) is 35.6 Å². The van der Waals surface area contributed by atoms with Crippen molar-refractivity contribution in [2.24, 2.45) is 0 Å². The molecule has 0 spiro atoms. The molecule has 0 bridgehead atoms. The molecule has 1 aromatic carbocycles. The highest BCUT2D eigenvalue weighted by Gasteiger charge is 2.21. The minimum Gasteiger partial charge on any atom is -0.468 e. The van der Waals surface area contributed by atoms with Crippen LogP contribution in [0.5, 0.6) is 0 Å². The van der Waals surface area contributed by atoms with Gasteiger partial charge in [0.1, 0.15) is 0 Å². The Bertz CT molecular complexity index is 395. The molecule has 0 aliphatic carbocycles. The Morgan fingerprint density at radius 1 is 1.25 bits per heavy atom. The predicted molar refractivity (Wildman–Crippen MR) is 62.0 cm³/mol. The van der Waals surface area contributed by atoms with Crippen molar-refractivity contribution in [2.45, 2.75) is 26.9 Å². The Hall–Kier alpha value is -1.35. The summed E-state index contributed by atoms with van der Waals surface area (Å²) in [6.07, 6.45) is 0. The molecule has 0 saturated carbocycles. The van der Waals surface area contributed by atoms with Gasteiger partial charge in [-0.25, -0.2) is 0 Å². The first-order valence-corrected chi connectivity index (χ1v) is 5.48. The highest BCUT2D eigenvalue weighted by molar-refractivity contribution is 5.71. The SMILES string of the molecule is COC(=O)CN1Cc2cc(C)c(C)cc2C1. The van der Waals surface area contributed by atoms with Crippen LogP contribution in [0.4, 0.5) is 0 Å². The number of methoxy groups -OCH3 is 1. The molecule has 3 nitrogen and oxygen atoms in total. The number of rotatable bonds is 2. The second-order valence-electron chi connectivity index (χ2n) is 4.43. The molecule has 16 heavy (non-hydrogen) atoms. The minimum atomic E-state index is -0.166. The van der Waals surface area contributed by atoms with Crippen molar-refractivity contribution in [1.29, 1.82) is 0 Å². The summed E-state index contributed by atoms with van der Waals surface area (Å²) in [5.41, 5.74) is 5.32. The highest BCUT2D eigenvalue weighted by Crippen LogP contribution is 2.25. The number of hydrogen-bond acceptors (Lipinski definition) is 3. The fourth-order valence-electron chi connectivity index (χ4n) is 2.13. The molecule has 1 heterocycles. The van der Waals surface area contributed by atoms with Crippen molar-refractivity contribution in [1.82, 2.24) is 4.90 Å². The van der Waals surface area contributed by atoms with E-state index in [1.165, 1.54) is 29.4 Å². The lowest BCUT2D eigenvalue weighted by molar-refractivity contribution is -0.142. The number of ether oxygens (including phenoxy) is 1.